The Morgan fingerprint density at radius 2 is 1.46 bits per heavy atom. The molecule has 6 nitrogen and oxygen atoms in total. The first-order chi connectivity index (χ1) is 13.1. The van der Waals surface area contributed by atoms with Crippen LogP contribution >= 0.6 is 0 Å². The third kappa shape index (κ3) is 4.45. The second-order valence-corrected chi connectivity index (χ2v) is 9.08. The van der Waals surface area contributed by atoms with Crippen molar-refractivity contribution in [1.29, 1.82) is 0 Å². The summed E-state index contributed by atoms with van der Waals surface area (Å²) in [5, 5.41) is 5.21. The molecule has 3 aromatic rings. The summed E-state index contributed by atoms with van der Waals surface area (Å²) in [7, 11) is -9.14. The van der Waals surface area contributed by atoms with E-state index < -0.39 is 35.7 Å². The van der Waals surface area contributed by atoms with Crippen molar-refractivity contribution in [2.24, 2.45) is 5.14 Å². The number of hydrogen-bond acceptors (Lipinski definition) is 4. The molecule has 0 fully saturated rings. The Morgan fingerprint density at radius 3 is 2.07 bits per heavy atom. The van der Waals surface area contributed by atoms with Gasteiger partial charge < -0.3 is 0 Å². The van der Waals surface area contributed by atoms with Gasteiger partial charge in [0.15, 0.2) is 0 Å². The Balaban J connectivity index is 2.26. The highest BCUT2D eigenvalue weighted by Crippen LogP contribution is 2.34. The summed E-state index contributed by atoms with van der Waals surface area (Å²) in [6.07, 6.45) is 0.338. The number of hydrogen-bond donors (Lipinski definition) is 2. The van der Waals surface area contributed by atoms with Gasteiger partial charge in [0.2, 0.25) is 10.0 Å². The number of benzene rings is 3. The average Bonchev–Trinajstić information content (AvgIpc) is 2.60. The minimum absolute atomic E-state index is 0.0248. The number of primary sulfonamides is 1. The molecule has 0 atom stereocenters. The molecule has 3 rings (SSSR count). The van der Waals surface area contributed by atoms with Crippen LogP contribution in [0.25, 0.3) is 11.1 Å². The van der Waals surface area contributed by atoms with Gasteiger partial charge in [0.25, 0.3) is 10.1 Å². The van der Waals surface area contributed by atoms with Crippen LogP contribution in [0.2, 0.25) is 0 Å². The molecule has 0 unspecified atom stereocenters. The van der Waals surface area contributed by atoms with Gasteiger partial charge in [-0.05, 0) is 47.4 Å². The summed E-state index contributed by atoms with van der Waals surface area (Å²) in [5.74, 6) is -0.686. The standard InChI is InChI=1S/C19H16FNO5S2/c20-16-11-14(9-13-5-2-1-3-6-13)10-15(12-16)19-17(27(21,22)23)7-4-8-18(19)28(24,25)26/h1-8,10-12H,9H2,(H2,21,22,23)(H,24,25,26). The second-order valence-electron chi connectivity index (χ2n) is 6.16. The van der Waals surface area contributed by atoms with Crippen LogP contribution in [0.3, 0.4) is 0 Å². The topological polar surface area (TPSA) is 115 Å². The van der Waals surface area contributed by atoms with E-state index in [4.69, 9.17) is 5.14 Å². The molecule has 0 saturated carbocycles. The Hall–Kier alpha value is -2.59. The van der Waals surface area contributed by atoms with Crippen LogP contribution in [0.1, 0.15) is 11.1 Å². The number of nitrogens with two attached hydrogens (primary N) is 1. The molecule has 9 heteroatoms. The number of sulfonamides is 1. The van der Waals surface area contributed by atoms with E-state index in [1.165, 1.54) is 12.1 Å². The van der Waals surface area contributed by atoms with Crippen LogP contribution in [-0.2, 0) is 26.6 Å². The molecule has 3 N–H and O–H groups in total. The zero-order chi connectivity index (χ0) is 20.5. The molecular weight excluding hydrogens is 405 g/mol. The molecule has 3 aromatic carbocycles. The van der Waals surface area contributed by atoms with Crippen molar-refractivity contribution in [1.82, 2.24) is 0 Å². The first-order valence-corrected chi connectivity index (χ1v) is 11.0. The van der Waals surface area contributed by atoms with Crippen LogP contribution < -0.4 is 5.14 Å². The molecule has 0 radical (unpaired) electrons. The third-order valence-electron chi connectivity index (χ3n) is 4.07. The Bertz CT molecular complexity index is 1190. The van der Waals surface area contributed by atoms with Gasteiger partial charge in [0.05, 0.1) is 4.90 Å². The maximum atomic E-state index is 14.3. The number of halogens is 1. The first kappa shape index (κ1) is 20.2. The van der Waals surface area contributed by atoms with E-state index in [9.17, 15) is 25.8 Å². The fourth-order valence-corrected chi connectivity index (χ4v) is 4.56. The molecule has 0 aliphatic carbocycles. The smallest absolute Gasteiger partial charge is 0.282 e. The van der Waals surface area contributed by atoms with Crippen LogP contribution in [0.5, 0.6) is 0 Å². The molecule has 0 bridgehead atoms. The molecule has 0 heterocycles. The molecule has 0 aliphatic rings. The molecule has 0 aromatic heterocycles. The summed E-state index contributed by atoms with van der Waals surface area (Å²) in [6, 6.07) is 16.1. The van der Waals surface area contributed by atoms with Crippen LogP contribution in [0.4, 0.5) is 4.39 Å². The lowest BCUT2D eigenvalue weighted by atomic mass is 9.98. The quantitative estimate of drug-likeness (QED) is 0.615. The molecule has 0 aliphatic heterocycles. The maximum Gasteiger partial charge on any atom is 0.295 e. The minimum atomic E-state index is -4.79. The van der Waals surface area contributed by atoms with Crippen molar-refractivity contribution < 1.29 is 25.8 Å². The monoisotopic (exact) mass is 421 g/mol. The predicted molar refractivity (Wildman–Crippen MR) is 102 cm³/mol. The van der Waals surface area contributed by atoms with Crippen LogP contribution in [0.15, 0.2) is 76.5 Å². The van der Waals surface area contributed by atoms with E-state index in [0.29, 0.717) is 12.0 Å². The van der Waals surface area contributed by atoms with E-state index in [-0.39, 0.29) is 11.1 Å². The molecule has 146 valence electrons. The van der Waals surface area contributed by atoms with Crippen LogP contribution in [-0.4, -0.2) is 21.4 Å². The second kappa shape index (κ2) is 7.44. The molecule has 0 spiro atoms. The van der Waals surface area contributed by atoms with Crippen molar-refractivity contribution in [3.05, 3.63) is 83.7 Å². The van der Waals surface area contributed by atoms with E-state index in [1.54, 1.807) is 0 Å². The van der Waals surface area contributed by atoms with Crippen LogP contribution in [0, 0.1) is 5.82 Å². The lowest BCUT2D eigenvalue weighted by Gasteiger charge is -2.14. The summed E-state index contributed by atoms with van der Waals surface area (Å²) in [6.45, 7) is 0. The normalized spacial score (nSPS) is 12.1. The zero-order valence-electron chi connectivity index (χ0n) is 14.4. The van der Waals surface area contributed by atoms with Crippen molar-refractivity contribution in [2.45, 2.75) is 16.2 Å². The van der Waals surface area contributed by atoms with Crippen molar-refractivity contribution >= 4 is 20.1 Å². The molecule has 0 amide bonds. The largest absolute Gasteiger partial charge is 0.295 e. The van der Waals surface area contributed by atoms with E-state index in [0.717, 1.165) is 29.8 Å². The van der Waals surface area contributed by atoms with Gasteiger partial charge in [-0.15, -0.1) is 0 Å². The summed E-state index contributed by atoms with van der Waals surface area (Å²) >= 11 is 0. The molecule has 28 heavy (non-hydrogen) atoms. The predicted octanol–water partition coefficient (Wildman–Crippen LogP) is 2.98. The highest BCUT2D eigenvalue weighted by molar-refractivity contribution is 7.89. The van der Waals surface area contributed by atoms with Gasteiger partial charge in [0, 0.05) is 5.56 Å². The van der Waals surface area contributed by atoms with Gasteiger partial charge in [0.1, 0.15) is 10.7 Å². The lowest BCUT2D eigenvalue weighted by Crippen LogP contribution is -2.15. The van der Waals surface area contributed by atoms with E-state index >= 15 is 0 Å². The molecule has 0 saturated heterocycles. The maximum absolute atomic E-state index is 14.3. The van der Waals surface area contributed by atoms with Gasteiger partial charge in [-0.1, -0.05) is 42.5 Å². The highest BCUT2D eigenvalue weighted by atomic mass is 32.2. The summed E-state index contributed by atoms with van der Waals surface area (Å²) < 4.78 is 71.4. The van der Waals surface area contributed by atoms with Crippen molar-refractivity contribution in [3.8, 4) is 11.1 Å². The fraction of sp³-hybridized carbons (Fsp3) is 0.0526. The zero-order valence-corrected chi connectivity index (χ0v) is 16.0. The molecular formula is C19H16FNO5S2. The SMILES string of the molecule is NS(=O)(=O)c1cccc(S(=O)(=O)O)c1-c1cc(F)cc(Cc2ccccc2)c1. The third-order valence-corrected chi connectivity index (χ3v) is 5.92. The van der Waals surface area contributed by atoms with Gasteiger partial charge in [-0.2, -0.15) is 8.42 Å². The Labute approximate surface area is 162 Å². The Morgan fingerprint density at radius 1 is 0.821 bits per heavy atom. The average molecular weight is 421 g/mol. The minimum Gasteiger partial charge on any atom is -0.282 e. The van der Waals surface area contributed by atoms with Gasteiger partial charge in [-0.25, -0.2) is 17.9 Å². The highest BCUT2D eigenvalue weighted by Gasteiger charge is 2.25. The van der Waals surface area contributed by atoms with Crippen molar-refractivity contribution in [2.75, 3.05) is 0 Å². The van der Waals surface area contributed by atoms with Gasteiger partial charge in [-0.3, -0.25) is 4.55 Å². The van der Waals surface area contributed by atoms with Gasteiger partial charge >= 0.3 is 0 Å². The Kier molecular flexibility index (Phi) is 5.35. The summed E-state index contributed by atoms with van der Waals surface area (Å²) in [4.78, 5) is -1.20. The fourth-order valence-electron chi connectivity index (χ4n) is 2.98. The lowest BCUT2D eigenvalue weighted by molar-refractivity contribution is 0.483. The number of rotatable bonds is 5. The summed E-state index contributed by atoms with van der Waals surface area (Å²) in [5.41, 5.74) is 0.977. The van der Waals surface area contributed by atoms with Crippen molar-refractivity contribution in [3.63, 3.8) is 0 Å². The first-order valence-electron chi connectivity index (χ1n) is 8.03. The van der Waals surface area contributed by atoms with E-state index in [1.807, 2.05) is 30.3 Å². The van der Waals surface area contributed by atoms with E-state index in [2.05, 4.69) is 0 Å².